The Balaban J connectivity index is 2.55. The average Bonchev–Trinajstić information content (AvgIpc) is 2.61. The first-order valence-electron chi connectivity index (χ1n) is 8.25. The van der Waals surface area contributed by atoms with Gasteiger partial charge in [-0.05, 0) is 47.5 Å². The number of halogens is 1. The second-order valence-corrected chi connectivity index (χ2v) is 6.46. The maximum atomic E-state index is 12.5. The molecule has 26 heavy (non-hydrogen) atoms. The van der Waals surface area contributed by atoms with E-state index in [1.165, 1.54) is 0 Å². The van der Waals surface area contributed by atoms with Crippen molar-refractivity contribution >= 4 is 27.9 Å². The molecule has 1 aromatic carbocycles. The van der Waals surface area contributed by atoms with Crippen LogP contribution in [0.3, 0.4) is 0 Å². The van der Waals surface area contributed by atoms with Crippen molar-refractivity contribution in [3.05, 3.63) is 51.8 Å². The molecule has 0 atom stereocenters. The number of carbonyl (C=O) groups excluding carboxylic acids is 2. The highest BCUT2D eigenvalue weighted by molar-refractivity contribution is 9.10. The van der Waals surface area contributed by atoms with Gasteiger partial charge in [-0.25, -0.2) is 9.59 Å². The Morgan fingerprint density at radius 3 is 2.04 bits per heavy atom. The van der Waals surface area contributed by atoms with Crippen LogP contribution in [0, 0.1) is 0 Å². The quantitative estimate of drug-likeness (QED) is 0.653. The predicted molar refractivity (Wildman–Crippen MR) is 101 cm³/mol. The molecule has 0 saturated heterocycles. The van der Waals surface area contributed by atoms with Crippen LogP contribution in [0.2, 0.25) is 0 Å². The molecule has 0 radical (unpaired) electrons. The molecule has 7 heteroatoms. The molecule has 140 valence electrons. The molecule has 0 unspecified atom stereocenters. The number of hydrogen-bond acceptors (Lipinski definition) is 6. The van der Waals surface area contributed by atoms with Gasteiger partial charge in [0.05, 0.1) is 41.9 Å². The van der Waals surface area contributed by atoms with E-state index in [2.05, 4.69) is 15.9 Å². The highest BCUT2D eigenvalue weighted by Gasteiger charge is 2.35. The van der Waals surface area contributed by atoms with Gasteiger partial charge in [-0.3, -0.25) is 0 Å². The summed E-state index contributed by atoms with van der Waals surface area (Å²) in [5.74, 6) is -0.867. The fraction of sp³-hybridized carbons (Fsp3) is 0.368. The summed E-state index contributed by atoms with van der Waals surface area (Å²) in [6, 6.07) is 5.43. The Hall–Kier alpha value is -2.28. The van der Waals surface area contributed by atoms with Crippen LogP contribution < -0.4 is 4.74 Å². The van der Waals surface area contributed by atoms with E-state index < -0.39 is 17.9 Å². The van der Waals surface area contributed by atoms with Crippen molar-refractivity contribution in [1.29, 1.82) is 0 Å². The first kappa shape index (κ1) is 20.0. The zero-order valence-corrected chi connectivity index (χ0v) is 16.8. The average molecular weight is 424 g/mol. The Morgan fingerprint density at radius 2 is 1.62 bits per heavy atom. The summed E-state index contributed by atoms with van der Waals surface area (Å²) in [5.41, 5.74) is 1.50. The lowest BCUT2D eigenvalue weighted by Crippen LogP contribution is -2.28. The SMILES string of the molecule is CCOC(=O)C1=CN(C)C=C(C(=O)OCC)C1c1ccc(OC)c(Br)c1. The van der Waals surface area contributed by atoms with Crippen LogP contribution in [-0.2, 0) is 19.1 Å². The molecular formula is C19H22BrNO5. The summed E-state index contributed by atoms with van der Waals surface area (Å²) in [5, 5.41) is 0. The molecule has 2 rings (SSSR count). The van der Waals surface area contributed by atoms with E-state index in [1.54, 1.807) is 51.4 Å². The molecule has 0 fully saturated rings. The molecule has 1 aliphatic heterocycles. The Kier molecular flexibility index (Phi) is 6.85. The molecule has 0 spiro atoms. The summed E-state index contributed by atoms with van der Waals surface area (Å²) < 4.78 is 16.4. The van der Waals surface area contributed by atoms with Crippen molar-refractivity contribution in [2.45, 2.75) is 19.8 Å². The zero-order chi connectivity index (χ0) is 19.3. The maximum absolute atomic E-state index is 12.5. The second-order valence-electron chi connectivity index (χ2n) is 5.60. The van der Waals surface area contributed by atoms with Crippen molar-refractivity contribution < 1.29 is 23.8 Å². The molecule has 0 amide bonds. The molecule has 1 aliphatic rings. The number of hydrogen-bond donors (Lipinski definition) is 0. The monoisotopic (exact) mass is 423 g/mol. The van der Waals surface area contributed by atoms with E-state index in [9.17, 15) is 9.59 Å². The molecule has 0 N–H and O–H groups in total. The van der Waals surface area contributed by atoms with Crippen LogP contribution >= 0.6 is 15.9 Å². The van der Waals surface area contributed by atoms with Crippen LogP contribution in [0.4, 0.5) is 0 Å². The topological polar surface area (TPSA) is 65.1 Å². The second kappa shape index (κ2) is 8.89. The number of methoxy groups -OCH3 is 1. The van der Waals surface area contributed by atoms with Gasteiger partial charge in [-0.2, -0.15) is 0 Å². The molecule has 0 aliphatic carbocycles. The van der Waals surface area contributed by atoms with Gasteiger partial charge in [0.2, 0.25) is 0 Å². The lowest BCUT2D eigenvalue weighted by atomic mass is 9.83. The number of benzene rings is 1. The molecule has 1 heterocycles. The van der Waals surface area contributed by atoms with Gasteiger partial charge in [0.25, 0.3) is 0 Å². The molecule has 1 aromatic rings. The Labute approximate surface area is 161 Å². The Bertz CT molecular complexity index is 720. The van der Waals surface area contributed by atoms with E-state index >= 15 is 0 Å². The zero-order valence-electron chi connectivity index (χ0n) is 15.2. The summed E-state index contributed by atoms with van der Waals surface area (Å²) in [6.45, 7) is 3.98. The minimum Gasteiger partial charge on any atom is -0.496 e. The first-order valence-corrected chi connectivity index (χ1v) is 9.05. The highest BCUT2D eigenvalue weighted by Crippen LogP contribution is 2.39. The number of ether oxygens (including phenoxy) is 3. The maximum Gasteiger partial charge on any atom is 0.336 e. The summed E-state index contributed by atoms with van der Waals surface area (Å²) in [7, 11) is 3.32. The van der Waals surface area contributed by atoms with E-state index in [1.807, 2.05) is 12.1 Å². The van der Waals surface area contributed by atoms with Crippen molar-refractivity contribution in [3.8, 4) is 5.75 Å². The first-order chi connectivity index (χ1) is 12.4. The van der Waals surface area contributed by atoms with Gasteiger partial charge in [0, 0.05) is 19.4 Å². The van der Waals surface area contributed by atoms with E-state index in [4.69, 9.17) is 14.2 Å². The third-order valence-electron chi connectivity index (χ3n) is 3.84. The van der Waals surface area contributed by atoms with Crippen LogP contribution in [0.5, 0.6) is 5.75 Å². The molecule has 6 nitrogen and oxygen atoms in total. The number of carbonyl (C=O) groups is 2. The third kappa shape index (κ3) is 4.27. The smallest absolute Gasteiger partial charge is 0.336 e. The van der Waals surface area contributed by atoms with Crippen molar-refractivity contribution in [2.75, 3.05) is 27.4 Å². The normalized spacial score (nSPS) is 14.4. The molecule has 0 saturated carbocycles. The third-order valence-corrected chi connectivity index (χ3v) is 4.46. The predicted octanol–water partition coefficient (Wildman–Crippen LogP) is 3.38. The van der Waals surface area contributed by atoms with Crippen LogP contribution in [0.1, 0.15) is 25.3 Å². The largest absolute Gasteiger partial charge is 0.496 e. The molecule has 0 aromatic heterocycles. The fourth-order valence-corrected chi connectivity index (χ4v) is 3.34. The van der Waals surface area contributed by atoms with Crippen molar-refractivity contribution in [3.63, 3.8) is 0 Å². The van der Waals surface area contributed by atoms with Gasteiger partial charge in [-0.15, -0.1) is 0 Å². The number of esters is 2. The van der Waals surface area contributed by atoms with Gasteiger partial charge in [0.15, 0.2) is 0 Å². The summed E-state index contributed by atoms with van der Waals surface area (Å²) in [6.07, 6.45) is 3.34. The van der Waals surface area contributed by atoms with Crippen molar-refractivity contribution in [1.82, 2.24) is 4.90 Å². The molecule has 0 bridgehead atoms. The van der Waals surface area contributed by atoms with E-state index in [0.717, 1.165) is 10.0 Å². The highest BCUT2D eigenvalue weighted by atomic mass is 79.9. The van der Waals surface area contributed by atoms with Gasteiger partial charge in [-0.1, -0.05) is 6.07 Å². The fourth-order valence-electron chi connectivity index (χ4n) is 2.78. The van der Waals surface area contributed by atoms with Gasteiger partial charge < -0.3 is 19.1 Å². The van der Waals surface area contributed by atoms with Gasteiger partial charge in [0.1, 0.15) is 5.75 Å². The van der Waals surface area contributed by atoms with Crippen LogP contribution in [-0.4, -0.2) is 44.2 Å². The number of rotatable bonds is 6. The van der Waals surface area contributed by atoms with E-state index in [-0.39, 0.29) is 13.2 Å². The van der Waals surface area contributed by atoms with E-state index in [0.29, 0.717) is 16.9 Å². The standard InChI is InChI=1S/C19H22BrNO5/c1-5-25-18(22)13-10-21(3)11-14(19(23)26-6-2)17(13)12-7-8-16(24-4)15(20)9-12/h7-11,17H,5-6H2,1-4H3. The number of nitrogens with zero attached hydrogens (tertiary/aromatic N) is 1. The van der Waals surface area contributed by atoms with Crippen LogP contribution in [0.15, 0.2) is 46.2 Å². The summed E-state index contributed by atoms with van der Waals surface area (Å²) in [4.78, 5) is 26.7. The van der Waals surface area contributed by atoms with Gasteiger partial charge >= 0.3 is 11.9 Å². The lowest BCUT2D eigenvalue weighted by molar-refractivity contribution is -0.139. The minimum absolute atomic E-state index is 0.247. The summed E-state index contributed by atoms with van der Waals surface area (Å²) >= 11 is 3.45. The minimum atomic E-state index is -0.591. The van der Waals surface area contributed by atoms with Crippen LogP contribution in [0.25, 0.3) is 0 Å². The molecular weight excluding hydrogens is 402 g/mol. The van der Waals surface area contributed by atoms with Crippen molar-refractivity contribution in [2.24, 2.45) is 0 Å². The lowest BCUT2D eigenvalue weighted by Gasteiger charge is -2.28. The Morgan fingerprint density at radius 1 is 1.08 bits per heavy atom.